The molecule has 0 atom stereocenters. The van der Waals surface area contributed by atoms with E-state index in [0.29, 0.717) is 28.2 Å². The van der Waals surface area contributed by atoms with Gasteiger partial charge in [-0.1, -0.05) is 36.6 Å². The first-order valence-electron chi connectivity index (χ1n) is 9.13. The fourth-order valence-electron chi connectivity index (χ4n) is 3.74. The van der Waals surface area contributed by atoms with E-state index in [0.717, 1.165) is 18.4 Å². The van der Waals surface area contributed by atoms with Gasteiger partial charge in [0.15, 0.2) is 11.2 Å². The van der Waals surface area contributed by atoms with Crippen LogP contribution < -0.4 is 16.6 Å². The minimum atomic E-state index is -0.382. The van der Waals surface area contributed by atoms with Crippen LogP contribution in [0.25, 0.3) is 11.2 Å². The maximum atomic E-state index is 13.1. The molecule has 7 nitrogen and oxygen atoms in total. The largest absolute Gasteiger partial charge is 0.353 e. The molecule has 3 aromatic rings. The number of halogens is 1. The van der Waals surface area contributed by atoms with Gasteiger partial charge < -0.3 is 9.88 Å². The van der Waals surface area contributed by atoms with Crippen molar-refractivity contribution in [2.24, 2.45) is 14.1 Å². The minimum absolute atomic E-state index is 0.190. The molecule has 2 aromatic heterocycles. The Hall–Kier alpha value is -2.54. The molecule has 0 spiro atoms. The second-order valence-electron chi connectivity index (χ2n) is 7.15. The first kappa shape index (κ1) is 17.9. The molecule has 142 valence electrons. The predicted octanol–water partition coefficient (Wildman–Crippen LogP) is 2.49. The highest BCUT2D eigenvalue weighted by molar-refractivity contribution is 6.30. The van der Waals surface area contributed by atoms with E-state index in [2.05, 4.69) is 10.3 Å². The average Bonchev–Trinajstić information content (AvgIpc) is 3.27. The number of rotatable bonds is 4. The molecule has 1 aromatic carbocycles. The topological polar surface area (TPSA) is 73.8 Å². The number of fused-ring (bicyclic) bond motifs is 1. The lowest BCUT2D eigenvalue weighted by Crippen LogP contribution is -2.39. The number of nitrogens with zero attached hydrogens (tertiary/aromatic N) is 4. The highest BCUT2D eigenvalue weighted by Gasteiger charge is 2.21. The summed E-state index contributed by atoms with van der Waals surface area (Å²) < 4.78 is 4.44. The minimum Gasteiger partial charge on any atom is -0.353 e. The monoisotopic (exact) mass is 387 g/mol. The van der Waals surface area contributed by atoms with Gasteiger partial charge in [-0.15, -0.1) is 0 Å². The Morgan fingerprint density at radius 1 is 1.11 bits per heavy atom. The van der Waals surface area contributed by atoms with Crippen LogP contribution in [-0.4, -0.2) is 24.7 Å². The van der Waals surface area contributed by atoms with Crippen molar-refractivity contribution in [1.82, 2.24) is 18.7 Å². The first-order valence-corrected chi connectivity index (χ1v) is 9.50. The van der Waals surface area contributed by atoms with E-state index in [1.54, 1.807) is 23.7 Å². The van der Waals surface area contributed by atoms with Crippen LogP contribution in [0.15, 0.2) is 33.9 Å². The lowest BCUT2D eigenvalue weighted by atomic mass is 10.2. The number of aryl methyl sites for hydroxylation is 2. The fraction of sp³-hybridized carbons (Fsp3) is 0.421. The van der Waals surface area contributed by atoms with Crippen LogP contribution in [0.4, 0.5) is 5.95 Å². The molecule has 0 unspecified atom stereocenters. The predicted molar refractivity (Wildman–Crippen MR) is 107 cm³/mol. The van der Waals surface area contributed by atoms with Crippen LogP contribution in [0.2, 0.25) is 5.02 Å². The van der Waals surface area contributed by atoms with E-state index in [1.807, 2.05) is 19.2 Å². The molecule has 0 aliphatic heterocycles. The standard InChI is InChI=1S/C19H22ClN5O2/c1-23-15-16(22-18(23)21-14-5-3-4-6-14)24(2)19(27)25(17(15)26)11-12-7-9-13(20)10-8-12/h7-10,14H,3-6,11H2,1-2H3,(H,21,22). The van der Waals surface area contributed by atoms with Crippen molar-refractivity contribution in [3.63, 3.8) is 0 Å². The van der Waals surface area contributed by atoms with Gasteiger partial charge in [-0.25, -0.2) is 4.79 Å². The number of benzene rings is 1. The summed E-state index contributed by atoms with van der Waals surface area (Å²) in [5.41, 5.74) is 0.946. The van der Waals surface area contributed by atoms with Gasteiger partial charge in [0.2, 0.25) is 5.95 Å². The smallest absolute Gasteiger partial charge is 0.332 e. The van der Waals surface area contributed by atoms with Gasteiger partial charge >= 0.3 is 5.69 Å². The quantitative estimate of drug-likeness (QED) is 0.746. The Bertz CT molecular complexity index is 1100. The van der Waals surface area contributed by atoms with Gasteiger partial charge in [-0.3, -0.25) is 13.9 Å². The van der Waals surface area contributed by atoms with Crippen LogP contribution in [0.1, 0.15) is 31.2 Å². The van der Waals surface area contributed by atoms with E-state index >= 15 is 0 Å². The molecule has 2 heterocycles. The zero-order valence-electron chi connectivity index (χ0n) is 15.4. The molecule has 1 N–H and O–H groups in total. The van der Waals surface area contributed by atoms with E-state index in [-0.39, 0.29) is 17.8 Å². The number of imidazole rings is 1. The van der Waals surface area contributed by atoms with Gasteiger partial charge in [-0.05, 0) is 30.5 Å². The Labute approximate surface area is 161 Å². The molecule has 27 heavy (non-hydrogen) atoms. The van der Waals surface area contributed by atoms with Gasteiger partial charge in [0.25, 0.3) is 5.56 Å². The van der Waals surface area contributed by atoms with Crippen LogP contribution in [0, 0.1) is 0 Å². The molecule has 1 fully saturated rings. The normalized spacial score (nSPS) is 14.9. The van der Waals surface area contributed by atoms with Gasteiger partial charge in [-0.2, -0.15) is 4.98 Å². The summed E-state index contributed by atoms with van der Waals surface area (Å²) in [5, 5.41) is 4.04. The second-order valence-corrected chi connectivity index (χ2v) is 7.59. The zero-order valence-corrected chi connectivity index (χ0v) is 16.2. The van der Waals surface area contributed by atoms with Crippen molar-refractivity contribution in [2.45, 2.75) is 38.3 Å². The third kappa shape index (κ3) is 3.16. The molecule has 0 bridgehead atoms. The van der Waals surface area contributed by atoms with E-state index in [9.17, 15) is 9.59 Å². The summed E-state index contributed by atoms with van der Waals surface area (Å²) in [4.78, 5) is 30.4. The summed E-state index contributed by atoms with van der Waals surface area (Å²) in [5.74, 6) is 0.633. The Morgan fingerprint density at radius 3 is 2.44 bits per heavy atom. The summed E-state index contributed by atoms with van der Waals surface area (Å²) in [7, 11) is 3.46. The van der Waals surface area contributed by atoms with Crippen molar-refractivity contribution in [1.29, 1.82) is 0 Å². The third-order valence-electron chi connectivity index (χ3n) is 5.30. The molecule has 1 aliphatic rings. The van der Waals surface area contributed by atoms with Crippen LogP contribution >= 0.6 is 11.6 Å². The number of hydrogen-bond acceptors (Lipinski definition) is 4. The highest BCUT2D eigenvalue weighted by Crippen LogP contribution is 2.23. The second kappa shape index (κ2) is 6.88. The van der Waals surface area contributed by atoms with E-state index in [1.165, 1.54) is 22.0 Å². The maximum Gasteiger partial charge on any atom is 0.332 e. The van der Waals surface area contributed by atoms with Crippen molar-refractivity contribution in [3.05, 3.63) is 55.7 Å². The Morgan fingerprint density at radius 2 is 1.78 bits per heavy atom. The van der Waals surface area contributed by atoms with Crippen LogP contribution in [0.3, 0.4) is 0 Å². The summed E-state index contributed by atoms with van der Waals surface area (Å²) in [6.07, 6.45) is 4.61. The Balaban J connectivity index is 1.81. The van der Waals surface area contributed by atoms with E-state index < -0.39 is 0 Å². The molecular weight excluding hydrogens is 366 g/mol. The van der Waals surface area contributed by atoms with Gasteiger partial charge in [0, 0.05) is 25.2 Å². The highest BCUT2D eigenvalue weighted by atomic mass is 35.5. The summed E-state index contributed by atoms with van der Waals surface area (Å²) in [6.45, 7) is 0.190. The van der Waals surface area contributed by atoms with Crippen molar-refractivity contribution < 1.29 is 0 Å². The number of nitrogens with one attached hydrogen (secondary N) is 1. The van der Waals surface area contributed by atoms with Crippen molar-refractivity contribution in [3.8, 4) is 0 Å². The molecular formula is C19H22ClN5O2. The molecule has 1 aliphatic carbocycles. The van der Waals surface area contributed by atoms with Crippen LogP contribution in [0.5, 0.6) is 0 Å². The third-order valence-corrected chi connectivity index (χ3v) is 5.55. The van der Waals surface area contributed by atoms with Gasteiger partial charge in [0.05, 0.1) is 6.54 Å². The average molecular weight is 388 g/mol. The number of hydrogen-bond donors (Lipinski definition) is 1. The fourth-order valence-corrected chi connectivity index (χ4v) is 3.86. The molecule has 0 amide bonds. The molecule has 1 saturated carbocycles. The van der Waals surface area contributed by atoms with Crippen molar-refractivity contribution >= 4 is 28.7 Å². The van der Waals surface area contributed by atoms with Gasteiger partial charge in [0.1, 0.15) is 0 Å². The van der Waals surface area contributed by atoms with E-state index in [4.69, 9.17) is 11.6 Å². The molecule has 0 saturated heterocycles. The molecule has 4 rings (SSSR count). The van der Waals surface area contributed by atoms with Crippen molar-refractivity contribution in [2.75, 3.05) is 5.32 Å². The molecule has 8 heteroatoms. The zero-order chi connectivity index (χ0) is 19.1. The lowest BCUT2D eigenvalue weighted by molar-refractivity contribution is 0.655. The summed E-state index contributed by atoms with van der Waals surface area (Å²) in [6, 6.07) is 7.50. The molecule has 0 radical (unpaired) electrons. The summed E-state index contributed by atoms with van der Waals surface area (Å²) >= 11 is 5.92. The number of aromatic nitrogens is 4. The number of anilines is 1. The Kier molecular flexibility index (Phi) is 4.55. The lowest BCUT2D eigenvalue weighted by Gasteiger charge is -2.12. The van der Waals surface area contributed by atoms with Crippen LogP contribution in [-0.2, 0) is 20.6 Å². The SMILES string of the molecule is Cn1c(NC2CCCC2)nc2c1c(=O)n(Cc1ccc(Cl)cc1)c(=O)n2C. The maximum absolute atomic E-state index is 13.1. The first-order chi connectivity index (χ1) is 13.0.